The van der Waals surface area contributed by atoms with Crippen molar-refractivity contribution in [3.8, 4) is 0 Å². The van der Waals surface area contributed by atoms with Crippen molar-refractivity contribution in [1.82, 2.24) is 4.90 Å². The van der Waals surface area contributed by atoms with E-state index in [4.69, 9.17) is 11.6 Å². The minimum Gasteiger partial charge on any atom is -0.332 e. The van der Waals surface area contributed by atoms with Gasteiger partial charge in [0.15, 0.2) is 0 Å². The first-order valence-corrected chi connectivity index (χ1v) is 8.01. The average Bonchev–Trinajstić information content (AvgIpc) is 2.87. The van der Waals surface area contributed by atoms with Crippen molar-refractivity contribution in [2.75, 3.05) is 18.9 Å². The molecule has 1 N–H and O–H groups in total. The van der Waals surface area contributed by atoms with Gasteiger partial charge < -0.3 is 10.2 Å². The SMILES string of the molecule is CN(CC(=O)Nc1ccccc1Br)C(=O)c1ccc(Cl)s1. The summed E-state index contributed by atoms with van der Waals surface area (Å²) in [5.41, 5.74) is 0.669. The molecule has 2 rings (SSSR count). The van der Waals surface area contributed by atoms with Crippen molar-refractivity contribution in [1.29, 1.82) is 0 Å². The normalized spacial score (nSPS) is 10.2. The summed E-state index contributed by atoms with van der Waals surface area (Å²) < 4.78 is 1.33. The minimum absolute atomic E-state index is 0.0321. The molecule has 0 spiro atoms. The van der Waals surface area contributed by atoms with E-state index in [0.29, 0.717) is 14.9 Å². The fourth-order valence-electron chi connectivity index (χ4n) is 1.66. The molecule has 0 saturated carbocycles. The Morgan fingerprint density at radius 3 is 2.62 bits per heavy atom. The monoisotopic (exact) mass is 386 g/mol. The molecule has 2 aromatic rings. The van der Waals surface area contributed by atoms with Crippen LogP contribution in [0, 0.1) is 0 Å². The van der Waals surface area contributed by atoms with Crippen LogP contribution in [0.3, 0.4) is 0 Å². The number of rotatable bonds is 4. The molecule has 110 valence electrons. The Morgan fingerprint density at radius 1 is 1.29 bits per heavy atom. The van der Waals surface area contributed by atoms with Gasteiger partial charge in [-0.1, -0.05) is 23.7 Å². The first kappa shape index (κ1) is 16.0. The Bertz CT molecular complexity index is 674. The van der Waals surface area contributed by atoms with E-state index in [9.17, 15) is 9.59 Å². The molecule has 1 heterocycles. The molecule has 0 aliphatic carbocycles. The quantitative estimate of drug-likeness (QED) is 0.865. The second-order valence-electron chi connectivity index (χ2n) is 4.29. The lowest BCUT2D eigenvalue weighted by Crippen LogP contribution is -2.34. The highest BCUT2D eigenvalue weighted by atomic mass is 79.9. The van der Waals surface area contributed by atoms with Crippen LogP contribution in [0.4, 0.5) is 5.69 Å². The number of likely N-dealkylation sites (N-methyl/N-ethyl adjacent to an activating group) is 1. The average molecular weight is 388 g/mol. The van der Waals surface area contributed by atoms with Crippen LogP contribution in [-0.4, -0.2) is 30.3 Å². The molecule has 1 aromatic carbocycles. The summed E-state index contributed by atoms with van der Waals surface area (Å²) >= 11 is 10.3. The standard InChI is InChI=1S/C14H12BrClN2O2S/c1-18(14(20)11-6-7-12(16)21-11)8-13(19)17-10-5-3-2-4-9(10)15/h2-7H,8H2,1H3,(H,17,19). The van der Waals surface area contributed by atoms with Crippen molar-refractivity contribution in [2.45, 2.75) is 0 Å². The van der Waals surface area contributed by atoms with Crippen molar-refractivity contribution in [3.05, 3.63) is 50.1 Å². The molecule has 4 nitrogen and oxygen atoms in total. The maximum Gasteiger partial charge on any atom is 0.264 e. The van der Waals surface area contributed by atoms with Crippen molar-refractivity contribution in [2.24, 2.45) is 0 Å². The smallest absolute Gasteiger partial charge is 0.264 e. The van der Waals surface area contributed by atoms with Gasteiger partial charge in [-0.3, -0.25) is 9.59 Å². The van der Waals surface area contributed by atoms with Gasteiger partial charge >= 0.3 is 0 Å². The molecule has 0 bridgehead atoms. The second kappa shape index (κ2) is 7.06. The predicted octanol–water partition coefficient (Wildman–Crippen LogP) is 3.87. The third kappa shape index (κ3) is 4.30. The predicted molar refractivity (Wildman–Crippen MR) is 89.1 cm³/mol. The van der Waals surface area contributed by atoms with E-state index in [0.717, 1.165) is 4.47 Å². The number of hydrogen-bond acceptors (Lipinski definition) is 3. The van der Waals surface area contributed by atoms with Crippen LogP contribution in [0.1, 0.15) is 9.67 Å². The number of carbonyl (C=O) groups excluding carboxylic acids is 2. The molecule has 2 amide bonds. The van der Waals surface area contributed by atoms with E-state index in [1.54, 1.807) is 25.2 Å². The van der Waals surface area contributed by atoms with Gasteiger partial charge in [0, 0.05) is 11.5 Å². The van der Waals surface area contributed by atoms with Gasteiger partial charge in [0.05, 0.1) is 21.4 Å². The van der Waals surface area contributed by atoms with E-state index in [2.05, 4.69) is 21.2 Å². The highest BCUT2D eigenvalue weighted by Crippen LogP contribution is 2.23. The van der Waals surface area contributed by atoms with Gasteiger partial charge in [0.2, 0.25) is 5.91 Å². The zero-order valence-corrected chi connectivity index (χ0v) is 14.3. The maximum atomic E-state index is 12.1. The molecular formula is C14H12BrClN2O2S. The van der Waals surface area contributed by atoms with Crippen LogP contribution in [0.2, 0.25) is 4.34 Å². The van der Waals surface area contributed by atoms with Crippen molar-refractivity contribution in [3.63, 3.8) is 0 Å². The number of benzene rings is 1. The molecule has 21 heavy (non-hydrogen) atoms. The molecule has 0 fully saturated rings. The largest absolute Gasteiger partial charge is 0.332 e. The lowest BCUT2D eigenvalue weighted by atomic mass is 10.3. The Hall–Kier alpha value is -1.37. The van der Waals surface area contributed by atoms with Gasteiger partial charge in [-0.15, -0.1) is 11.3 Å². The van der Waals surface area contributed by atoms with E-state index in [-0.39, 0.29) is 18.4 Å². The fraction of sp³-hybridized carbons (Fsp3) is 0.143. The number of anilines is 1. The summed E-state index contributed by atoms with van der Waals surface area (Å²) in [6.45, 7) is -0.0321. The number of nitrogens with one attached hydrogen (secondary N) is 1. The topological polar surface area (TPSA) is 49.4 Å². The van der Waals surface area contributed by atoms with E-state index in [1.165, 1.54) is 16.2 Å². The highest BCUT2D eigenvalue weighted by Gasteiger charge is 2.17. The number of carbonyl (C=O) groups is 2. The molecule has 1 aromatic heterocycles. The van der Waals surface area contributed by atoms with E-state index in [1.807, 2.05) is 18.2 Å². The zero-order valence-electron chi connectivity index (χ0n) is 11.1. The summed E-state index contributed by atoms with van der Waals surface area (Å²) in [4.78, 5) is 25.9. The second-order valence-corrected chi connectivity index (χ2v) is 6.86. The van der Waals surface area contributed by atoms with Crippen LogP contribution in [-0.2, 0) is 4.79 Å². The Labute approximate surface area is 139 Å². The first-order valence-electron chi connectivity index (χ1n) is 6.02. The van der Waals surface area contributed by atoms with Gasteiger partial charge in [-0.2, -0.15) is 0 Å². The number of thiophene rings is 1. The molecule has 0 radical (unpaired) electrons. The summed E-state index contributed by atoms with van der Waals surface area (Å²) in [6, 6.07) is 10.6. The Morgan fingerprint density at radius 2 is 2.00 bits per heavy atom. The molecule has 0 atom stereocenters. The maximum absolute atomic E-state index is 12.1. The molecule has 0 aliphatic rings. The first-order chi connectivity index (χ1) is 9.97. The number of hydrogen-bond donors (Lipinski definition) is 1. The van der Waals surface area contributed by atoms with Gasteiger partial charge in [0.25, 0.3) is 5.91 Å². The lowest BCUT2D eigenvalue weighted by molar-refractivity contribution is -0.116. The number of nitrogens with zero attached hydrogens (tertiary/aromatic N) is 1. The molecule has 0 saturated heterocycles. The van der Waals surface area contributed by atoms with Gasteiger partial charge in [-0.05, 0) is 40.2 Å². The minimum atomic E-state index is -0.264. The van der Waals surface area contributed by atoms with Crippen LogP contribution in [0.25, 0.3) is 0 Å². The lowest BCUT2D eigenvalue weighted by Gasteiger charge is -2.16. The van der Waals surface area contributed by atoms with Gasteiger partial charge in [-0.25, -0.2) is 0 Å². The molecule has 7 heteroatoms. The van der Waals surface area contributed by atoms with Crippen LogP contribution < -0.4 is 5.32 Å². The zero-order chi connectivity index (χ0) is 15.4. The van der Waals surface area contributed by atoms with Gasteiger partial charge in [0.1, 0.15) is 0 Å². The summed E-state index contributed by atoms with van der Waals surface area (Å²) in [7, 11) is 1.58. The van der Waals surface area contributed by atoms with Crippen LogP contribution in [0.15, 0.2) is 40.9 Å². The number of halogens is 2. The Kier molecular flexibility index (Phi) is 5.39. The summed E-state index contributed by atoms with van der Waals surface area (Å²) in [5.74, 6) is -0.491. The number of amides is 2. The van der Waals surface area contributed by atoms with Crippen molar-refractivity contribution < 1.29 is 9.59 Å². The highest BCUT2D eigenvalue weighted by molar-refractivity contribution is 9.10. The number of para-hydroxylation sites is 1. The van der Waals surface area contributed by atoms with Crippen LogP contribution in [0.5, 0.6) is 0 Å². The third-order valence-corrected chi connectivity index (χ3v) is 4.57. The third-order valence-electron chi connectivity index (χ3n) is 2.66. The van der Waals surface area contributed by atoms with E-state index < -0.39 is 0 Å². The fourth-order valence-corrected chi connectivity index (χ4v) is 3.08. The summed E-state index contributed by atoms with van der Waals surface area (Å²) in [6.07, 6.45) is 0. The van der Waals surface area contributed by atoms with Crippen molar-refractivity contribution >= 4 is 56.4 Å². The van der Waals surface area contributed by atoms with Crippen LogP contribution >= 0.6 is 38.9 Å². The van der Waals surface area contributed by atoms with E-state index >= 15 is 0 Å². The molecular weight excluding hydrogens is 376 g/mol. The molecule has 0 unspecified atom stereocenters. The summed E-state index contributed by atoms with van der Waals surface area (Å²) in [5, 5.41) is 2.75. The molecule has 0 aliphatic heterocycles. The Balaban J connectivity index is 1.96.